The summed E-state index contributed by atoms with van der Waals surface area (Å²) in [6.07, 6.45) is 0. The monoisotopic (exact) mass is 434 g/mol. The Balaban J connectivity index is 2.12. The number of hydrogen-bond donors (Lipinski definition) is 0. The van der Waals surface area contributed by atoms with Crippen LogP contribution < -0.4 is 9.80 Å². The first-order valence-corrected chi connectivity index (χ1v) is 12.5. The Morgan fingerprint density at radius 1 is 0.645 bits per heavy atom. The van der Waals surface area contributed by atoms with Gasteiger partial charge in [-0.1, -0.05) is 12.1 Å². The number of benzene rings is 2. The molecule has 0 aliphatic carbocycles. The molecule has 0 fully saturated rings. The van der Waals surface area contributed by atoms with Crippen LogP contribution in [0.1, 0.15) is 49.3 Å². The van der Waals surface area contributed by atoms with E-state index >= 15 is 0 Å². The van der Waals surface area contributed by atoms with Crippen molar-refractivity contribution in [2.24, 2.45) is 0 Å². The number of rotatable bonds is 8. The molecule has 0 aliphatic rings. The van der Waals surface area contributed by atoms with Crippen molar-refractivity contribution < 1.29 is 0 Å². The zero-order chi connectivity index (χ0) is 22.7. The van der Waals surface area contributed by atoms with Crippen LogP contribution in [0.3, 0.4) is 0 Å². The van der Waals surface area contributed by atoms with E-state index in [0.717, 1.165) is 26.2 Å². The molecule has 0 radical (unpaired) electrons. The van der Waals surface area contributed by atoms with E-state index in [2.05, 4.69) is 102 Å². The second kappa shape index (κ2) is 9.91. The Kier molecular flexibility index (Phi) is 7.48. The van der Waals surface area contributed by atoms with Crippen molar-refractivity contribution in [3.63, 3.8) is 0 Å². The standard InChI is InChI=1S/C28H38N2S/c1-9-29(10-2)23-13-15-25(19(5)17-23)27-21(7)22(8)31-28(27)26-16-14-24(18-20(26)6)30(11-3)12-4/h13-18H,9-12H2,1-8H3. The van der Waals surface area contributed by atoms with E-state index < -0.39 is 0 Å². The zero-order valence-corrected chi connectivity index (χ0v) is 21.4. The maximum atomic E-state index is 2.42. The van der Waals surface area contributed by atoms with Crippen LogP contribution in [0.5, 0.6) is 0 Å². The molecule has 2 aromatic carbocycles. The summed E-state index contributed by atoms with van der Waals surface area (Å²) in [4.78, 5) is 7.64. The highest BCUT2D eigenvalue weighted by molar-refractivity contribution is 7.16. The van der Waals surface area contributed by atoms with Crippen molar-refractivity contribution >= 4 is 22.7 Å². The second-order valence-corrected chi connectivity index (χ2v) is 9.56. The van der Waals surface area contributed by atoms with Gasteiger partial charge in [0.05, 0.1) is 0 Å². The summed E-state index contributed by atoms with van der Waals surface area (Å²) >= 11 is 1.93. The van der Waals surface area contributed by atoms with Crippen LogP contribution in [0.2, 0.25) is 0 Å². The van der Waals surface area contributed by atoms with Gasteiger partial charge < -0.3 is 9.80 Å². The maximum Gasteiger partial charge on any atom is 0.0429 e. The fourth-order valence-electron chi connectivity index (χ4n) is 4.54. The molecule has 0 N–H and O–H groups in total. The van der Waals surface area contributed by atoms with Crippen molar-refractivity contribution in [2.75, 3.05) is 36.0 Å². The summed E-state index contributed by atoms with van der Waals surface area (Å²) in [5, 5.41) is 0. The molecule has 0 spiro atoms. The van der Waals surface area contributed by atoms with Gasteiger partial charge in [-0.05, 0) is 107 Å². The number of hydrogen-bond acceptors (Lipinski definition) is 3. The molecule has 3 aromatic rings. The molecule has 1 aromatic heterocycles. The lowest BCUT2D eigenvalue weighted by Crippen LogP contribution is -2.21. The molecule has 31 heavy (non-hydrogen) atoms. The Hall–Kier alpha value is -2.26. The van der Waals surface area contributed by atoms with E-state index in [1.165, 1.54) is 54.5 Å². The number of nitrogens with zero attached hydrogens (tertiary/aromatic N) is 2. The van der Waals surface area contributed by atoms with Crippen LogP contribution in [-0.4, -0.2) is 26.2 Å². The van der Waals surface area contributed by atoms with Gasteiger partial charge in [-0.15, -0.1) is 11.3 Å². The molecule has 0 unspecified atom stereocenters. The fraction of sp³-hybridized carbons (Fsp3) is 0.429. The summed E-state index contributed by atoms with van der Waals surface area (Å²) in [5.74, 6) is 0. The topological polar surface area (TPSA) is 6.48 Å². The van der Waals surface area contributed by atoms with Crippen LogP contribution >= 0.6 is 11.3 Å². The molecule has 166 valence electrons. The quantitative estimate of drug-likeness (QED) is 0.354. The Morgan fingerprint density at radius 3 is 1.52 bits per heavy atom. The fourth-order valence-corrected chi connectivity index (χ4v) is 5.81. The molecular formula is C28H38N2S. The molecule has 0 atom stereocenters. The third-order valence-corrected chi connectivity index (χ3v) is 7.82. The number of aryl methyl sites for hydroxylation is 3. The van der Waals surface area contributed by atoms with Crippen molar-refractivity contribution in [1.29, 1.82) is 0 Å². The lowest BCUT2D eigenvalue weighted by molar-refractivity contribution is 0.865. The van der Waals surface area contributed by atoms with Crippen molar-refractivity contribution in [3.8, 4) is 21.6 Å². The van der Waals surface area contributed by atoms with Crippen molar-refractivity contribution in [2.45, 2.75) is 55.4 Å². The second-order valence-electron chi connectivity index (χ2n) is 8.33. The smallest absolute Gasteiger partial charge is 0.0429 e. The van der Waals surface area contributed by atoms with Crippen LogP contribution in [-0.2, 0) is 0 Å². The predicted octanol–water partition coefficient (Wildman–Crippen LogP) is 8.01. The minimum absolute atomic E-state index is 1.04. The SMILES string of the molecule is CCN(CC)c1ccc(-c2sc(C)c(C)c2-c2ccc(N(CC)CC)cc2C)c(C)c1. The van der Waals surface area contributed by atoms with E-state index in [0.29, 0.717) is 0 Å². The molecule has 3 heteroatoms. The zero-order valence-electron chi connectivity index (χ0n) is 20.6. The minimum Gasteiger partial charge on any atom is -0.372 e. The van der Waals surface area contributed by atoms with Gasteiger partial charge in [0.15, 0.2) is 0 Å². The highest BCUT2D eigenvalue weighted by Crippen LogP contribution is 2.45. The Bertz CT molecular complexity index is 1040. The molecular weight excluding hydrogens is 396 g/mol. The van der Waals surface area contributed by atoms with Crippen molar-refractivity contribution in [1.82, 2.24) is 0 Å². The Labute approximate surface area is 193 Å². The van der Waals surface area contributed by atoms with E-state index in [9.17, 15) is 0 Å². The first-order chi connectivity index (χ1) is 14.9. The van der Waals surface area contributed by atoms with Gasteiger partial charge in [-0.3, -0.25) is 0 Å². The van der Waals surface area contributed by atoms with E-state index in [4.69, 9.17) is 0 Å². The van der Waals surface area contributed by atoms with Crippen LogP contribution in [0.15, 0.2) is 36.4 Å². The maximum absolute atomic E-state index is 2.42. The normalized spacial score (nSPS) is 11.1. The molecule has 0 bridgehead atoms. The lowest BCUT2D eigenvalue weighted by atomic mass is 9.93. The molecule has 0 amide bonds. The number of anilines is 2. The first kappa shape index (κ1) is 23.4. The first-order valence-electron chi connectivity index (χ1n) is 11.7. The lowest BCUT2D eigenvalue weighted by Gasteiger charge is -2.23. The molecule has 0 saturated heterocycles. The van der Waals surface area contributed by atoms with E-state index in [-0.39, 0.29) is 0 Å². The van der Waals surface area contributed by atoms with Gasteiger partial charge in [0, 0.05) is 52.9 Å². The Morgan fingerprint density at radius 2 is 1.10 bits per heavy atom. The number of thiophene rings is 1. The van der Waals surface area contributed by atoms with E-state index in [1.54, 1.807) is 0 Å². The third-order valence-electron chi connectivity index (χ3n) is 6.58. The average molecular weight is 435 g/mol. The van der Waals surface area contributed by atoms with Gasteiger partial charge in [0.25, 0.3) is 0 Å². The van der Waals surface area contributed by atoms with Crippen molar-refractivity contribution in [3.05, 3.63) is 58.0 Å². The summed E-state index contributed by atoms with van der Waals surface area (Å²) in [7, 11) is 0. The highest BCUT2D eigenvalue weighted by atomic mass is 32.1. The molecule has 0 aliphatic heterocycles. The minimum atomic E-state index is 1.04. The highest BCUT2D eigenvalue weighted by Gasteiger charge is 2.20. The van der Waals surface area contributed by atoms with E-state index in [1.807, 2.05) is 11.3 Å². The summed E-state index contributed by atoms with van der Waals surface area (Å²) in [6, 6.07) is 14.0. The molecule has 0 saturated carbocycles. The summed E-state index contributed by atoms with van der Waals surface area (Å²) in [6.45, 7) is 22.1. The van der Waals surface area contributed by atoms with Gasteiger partial charge in [-0.25, -0.2) is 0 Å². The largest absolute Gasteiger partial charge is 0.372 e. The van der Waals surface area contributed by atoms with Gasteiger partial charge >= 0.3 is 0 Å². The van der Waals surface area contributed by atoms with Crippen LogP contribution in [0, 0.1) is 27.7 Å². The summed E-state index contributed by atoms with van der Waals surface area (Å²) < 4.78 is 0. The average Bonchev–Trinajstić information content (AvgIpc) is 3.04. The molecule has 1 heterocycles. The molecule has 2 nitrogen and oxygen atoms in total. The molecule has 3 rings (SSSR count). The predicted molar refractivity (Wildman–Crippen MR) is 141 cm³/mol. The third kappa shape index (κ3) is 4.52. The van der Waals surface area contributed by atoms with Crippen LogP contribution in [0.25, 0.3) is 21.6 Å². The van der Waals surface area contributed by atoms with Gasteiger partial charge in [0.2, 0.25) is 0 Å². The van der Waals surface area contributed by atoms with Gasteiger partial charge in [0.1, 0.15) is 0 Å². The summed E-state index contributed by atoms with van der Waals surface area (Å²) in [5.41, 5.74) is 10.9. The van der Waals surface area contributed by atoms with Gasteiger partial charge in [-0.2, -0.15) is 0 Å². The van der Waals surface area contributed by atoms with Crippen LogP contribution in [0.4, 0.5) is 11.4 Å².